The van der Waals surface area contributed by atoms with Crippen molar-refractivity contribution in [3.05, 3.63) is 24.3 Å². The van der Waals surface area contributed by atoms with Crippen LogP contribution in [0.5, 0.6) is 0 Å². The second-order valence-electron chi connectivity index (χ2n) is 5.18. The van der Waals surface area contributed by atoms with Gasteiger partial charge in [-0.15, -0.1) is 0 Å². The van der Waals surface area contributed by atoms with E-state index >= 15 is 0 Å². The SMILES string of the molecule is C.C1CCOC1.NC(=O)C1CC=CCO1.NC(=S)C1CC=CCO1. The van der Waals surface area contributed by atoms with E-state index in [4.69, 9.17) is 37.9 Å². The number of ether oxygens (including phenoxy) is 3. The smallest absolute Gasteiger partial charge is 0.246 e. The van der Waals surface area contributed by atoms with E-state index in [-0.39, 0.29) is 19.4 Å². The number of thiocarbonyl (C=S) groups is 1. The van der Waals surface area contributed by atoms with Crippen molar-refractivity contribution in [2.75, 3.05) is 26.4 Å². The second-order valence-corrected chi connectivity index (χ2v) is 5.65. The number of carbonyl (C=O) groups excluding carboxylic acids is 1. The van der Waals surface area contributed by atoms with Crippen LogP contribution in [0, 0.1) is 0 Å². The minimum atomic E-state index is -0.394. The molecule has 0 spiro atoms. The molecule has 24 heavy (non-hydrogen) atoms. The van der Waals surface area contributed by atoms with Crippen molar-refractivity contribution in [1.29, 1.82) is 0 Å². The van der Waals surface area contributed by atoms with E-state index in [1.54, 1.807) is 0 Å². The molecule has 138 valence electrons. The molecule has 1 saturated heterocycles. The molecule has 3 rings (SSSR count). The molecule has 6 nitrogen and oxygen atoms in total. The van der Waals surface area contributed by atoms with Crippen LogP contribution in [0.15, 0.2) is 24.3 Å². The average Bonchev–Trinajstić information content (AvgIpc) is 3.17. The van der Waals surface area contributed by atoms with Crippen molar-refractivity contribution >= 4 is 23.1 Å². The van der Waals surface area contributed by atoms with Gasteiger partial charge in [-0.05, 0) is 19.3 Å². The lowest BCUT2D eigenvalue weighted by Gasteiger charge is -2.16. The van der Waals surface area contributed by atoms with Crippen LogP contribution in [-0.4, -0.2) is 49.5 Å². The van der Waals surface area contributed by atoms with Gasteiger partial charge in [0.1, 0.15) is 17.2 Å². The third-order valence-electron chi connectivity index (χ3n) is 3.28. The van der Waals surface area contributed by atoms with Crippen LogP contribution in [-0.2, 0) is 19.0 Å². The summed E-state index contributed by atoms with van der Waals surface area (Å²) in [5.74, 6) is -0.376. The molecule has 3 aliphatic heterocycles. The van der Waals surface area contributed by atoms with Gasteiger partial charge in [0.25, 0.3) is 0 Å². The molecular formula is C17H30N2O4S. The lowest BCUT2D eigenvalue weighted by atomic mass is 10.2. The largest absolute Gasteiger partial charge is 0.391 e. The molecule has 3 aliphatic rings. The highest BCUT2D eigenvalue weighted by Gasteiger charge is 2.15. The molecule has 0 aromatic rings. The first-order valence-corrected chi connectivity index (χ1v) is 8.21. The van der Waals surface area contributed by atoms with Gasteiger partial charge in [0.15, 0.2) is 0 Å². The first kappa shape index (κ1) is 22.7. The van der Waals surface area contributed by atoms with Crippen molar-refractivity contribution in [2.24, 2.45) is 11.5 Å². The highest BCUT2D eigenvalue weighted by molar-refractivity contribution is 7.80. The fourth-order valence-electron chi connectivity index (χ4n) is 1.96. The van der Waals surface area contributed by atoms with E-state index < -0.39 is 6.10 Å². The van der Waals surface area contributed by atoms with Crippen LogP contribution in [0.25, 0.3) is 0 Å². The Bertz CT molecular complexity index is 381. The highest BCUT2D eigenvalue weighted by atomic mass is 32.1. The summed E-state index contributed by atoms with van der Waals surface area (Å²) in [6.45, 7) is 3.15. The average molecular weight is 359 g/mol. The van der Waals surface area contributed by atoms with E-state index in [1.165, 1.54) is 12.8 Å². The Morgan fingerprint density at radius 2 is 1.42 bits per heavy atom. The summed E-state index contributed by atoms with van der Waals surface area (Å²) >= 11 is 4.73. The van der Waals surface area contributed by atoms with Crippen LogP contribution in [0.1, 0.15) is 33.1 Å². The minimum absolute atomic E-state index is 0. The van der Waals surface area contributed by atoms with Crippen LogP contribution < -0.4 is 11.5 Å². The lowest BCUT2D eigenvalue weighted by molar-refractivity contribution is -0.128. The minimum Gasteiger partial charge on any atom is -0.391 e. The van der Waals surface area contributed by atoms with Gasteiger partial charge in [-0.25, -0.2) is 0 Å². The monoisotopic (exact) mass is 358 g/mol. The normalized spacial score (nSPS) is 24.5. The first-order valence-electron chi connectivity index (χ1n) is 7.81. The molecule has 2 atom stereocenters. The molecule has 0 aliphatic carbocycles. The summed E-state index contributed by atoms with van der Waals surface area (Å²) in [5.41, 5.74) is 10.3. The van der Waals surface area contributed by atoms with Gasteiger partial charge in [0.05, 0.1) is 13.2 Å². The Morgan fingerprint density at radius 1 is 0.917 bits per heavy atom. The maximum Gasteiger partial charge on any atom is 0.246 e. The lowest BCUT2D eigenvalue weighted by Crippen LogP contribution is -2.32. The zero-order valence-electron chi connectivity index (χ0n) is 13.3. The third-order valence-corrected chi connectivity index (χ3v) is 3.55. The number of amides is 1. The van der Waals surface area contributed by atoms with Crippen molar-refractivity contribution in [2.45, 2.75) is 45.3 Å². The summed E-state index contributed by atoms with van der Waals surface area (Å²) in [6, 6.07) is 0. The summed E-state index contributed by atoms with van der Waals surface area (Å²) in [7, 11) is 0. The first-order chi connectivity index (χ1) is 11.1. The van der Waals surface area contributed by atoms with Crippen molar-refractivity contribution < 1.29 is 19.0 Å². The summed E-state index contributed by atoms with van der Waals surface area (Å²) in [6.07, 6.45) is 11.4. The Hall–Kier alpha value is -1.28. The molecule has 0 radical (unpaired) electrons. The topological polar surface area (TPSA) is 96.8 Å². The third kappa shape index (κ3) is 10.5. The molecule has 0 saturated carbocycles. The number of rotatable bonds is 2. The molecule has 2 unspecified atom stereocenters. The molecular weight excluding hydrogens is 328 g/mol. The van der Waals surface area contributed by atoms with E-state index in [0.29, 0.717) is 24.6 Å². The Morgan fingerprint density at radius 3 is 1.62 bits per heavy atom. The van der Waals surface area contributed by atoms with Crippen molar-refractivity contribution in [3.8, 4) is 0 Å². The molecule has 0 aromatic heterocycles. The molecule has 0 bridgehead atoms. The molecule has 0 aromatic carbocycles. The number of carbonyl (C=O) groups is 1. The summed E-state index contributed by atoms with van der Waals surface area (Å²) in [4.78, 5) is 10.9. The highest BCUT2D eigenvalue weighted by Crippen LogP contribution is 2.05. The molecule has 1 amide bonds. The van der Waals surface area contributed by atoms with Gasteiger partial charge in [-0.1, -0.05) is 43.9 Å². The van der Waals surface area contributed by atoms with Crippen molar-refractivity contribution in [1.82, 2.24) is 0 Å². The number of hydrogen-bond donors (Lipinski definition) is 2. The van der Waals surface area contributed by atoms with E-state index in [2.05, 4.69) is 0 Å². The molecule has 3 heterocycles. The van der Waals surface area contributed by atoms with Gasteiger partial charge in [0, 0.05) is 19.6 Å². The molecule has 7 heteroatoms. The predicted molar refractivity (Wildman–Crippen MR) is 99.8 cm³/mol. The van der Waals surface area contributed by atoms with Gasteiger partial charge < -0.3 is 25.7 Å². The maximum atomic E-state index is 10.4. The Kier molecular flexibility index (Phi) is 13.3. The fraction of sp³-hybridized carbons (Fsp3) is 0.647. The van der Waals surface area contributed by atoms with Crippen LogP contribution >= 0.6 is 12.2 Å². The van der Waals surface area contributed by atoms with Gasteiger partial charge >= 0.3 is 0 Å². The maximum absolute atomic E-state index is 10.4. The van der Waals surface area contributed by atoms with Gasteiger partial charge in [-0.2, -0.15) is 0 Å². The van der Waals surface area contributed by atoms with Crippen LogP contribution in [0.2, 0.25) is 0 Å². The standard InChI is InChI=1S/C6H9NO2.C6H9NOS.C4H8O.CH4/c7-6(8)5-3-1-2-4-9-5;7-6(9)5-3-1-2-4-8-5;1-2-4-5-3-1;/h1-2,5H,3-4H2,(H2,7,8);1-2,5H,3-4H2,(H2,7,9);1-4H2;1H4. The zero-order valence-corrected chi connectivity index (χ0v) is 14.1. The Labute approximate surface area is 150 Å². The van der Waals surface area contributed by atoms with E-state index in [1.807, 2.05) is 24.3 Å². The van der Waals surface area contributed by atoms with Gasteiger partial charge in [-0.3, -0.25) is 4.79 Å². The quantitative estimate of drug-likeness (QED) is 0.578. The fourth-order valence-corrected chi connectivity index (χ4v) is 2.13. The van der Waals surface area contributed by atoms with E-state index in [9.17, 15) is 4.79 Å². The predicted octanol–water partition coefficient (Wildman–Crippen LogP) is 1.87. The zero-order chi connectivity index (χ0) is 16.9. The molecule has 1 fully saturated rings. The van der Waals surface area contributed by atoms with Gasteiger partial charge in [0.2, 0.25) is 5.91 Å². The number of nitrogens with two attached hydrogens (primary N) is 2. The Balaban J connectivity index is 0.000000337. The summed E-state index contributed by atoms with van der Waals surface area (Å²) < 4.78 is 15.1. The second kappa shape index (κ2) is 14.1. The summed E-state index contributed by atoms with van der Waals surface area (Å²) in [5, 5.41) is 0. The van der Waals surface area contributed by atoms with Crippen LogP contribution in [0.4, 0.5) is 0 Å². The number of hydrogen-bond acceptors (Lipinski definition) is 5. The van der Waals surface area contributed by atoms with Crippen LogP contribution in [0.3, 0.4) is 0 Å². The van der Waals surface area contributed by atoms with E-state index in [0.717, 1.165) is 19.6 Å². The molecule has 4 N–H and O–H groups in total. The number of primary amides is 1. The van der Waals surface area contributed by atoms with Crippen molar-refractivity contribution in [3.63, 3.8) is 0 Å².